The smallest absolute Gasteiger partial charge is 0.351 e. The highest BCUT2D eigenvalue weighted by atomic mass is 16.4. The Morgan fingerprint density at radius 2 is 1.89 bits per heavy atom. The van der Waals surface area contributed by atoms with Crippen LogP contribution in [0.25, 0.3) is 11.0 Å². The first-order valence-electron chi connectivity index (χ1n) is 6.17. The summed E-state index contributed by atoms with van der Waals surface area (Å²) in [5.74, 6) is 1.13. The molecule has 96 valence electrons. The van der Waals surface area contributed by atoms with Gasteiger partial charge in [-0.3, -0.25) is 4.79 Å². The van der Waals surface area contributed by atoms with Crippen LogP contribution in [0.3, 0.4) is 0 Å². The van der Waals surface area contributed by atoms with Crippen molar-refractivity contribution >= 4 is 11.0 Å². The fourth-order valence-electron chi connectivity index (χ4n) is 2.13. The van der Waals surface area contributed by atoms with Gasteiger partial charge in [0.25, 0.3) is 0 Å². The van der Waals surface area contributed by atoms with E-state index in [-0.39, 0.29) is 10.8 Å². The highest BCUT2D eigenvalue weighted by Gasteiger charge is 2.16. The molecule has 0 amide bonds. The zero-order chi connectivity index (χ0) is 13.3. The molecule has 0 unspecified atom stereocenters. The monoisotopic (exact) mass is 248 g/mol. The molecule has 2 aromatic rings. The second kappa shape index (κ2) is 4.80. The van der Waals surface area contributed by atoms with Crippen LogP contribution in [0.15, 0.2) is 24.5 Å². The molecule has 0 N–H and O–H groups in total. The molecule has 4 heteroatoms. The Labute approximate surface area is 104 Å². The molecule has 18 heavy (non-hydrogen) atoms. The van der Waals surface area contributed by atoms with Gasteiger partial charge < -0.3 is 8.83 Å². The summed E-state index contributed by atoms with van der Waals surface area (Å²) in [4.78, 5) is 24.0. The van der Waals surface area contributed by atoms with E-state index in [4.69, 9.17) is 8.83 Å². The molecule has 0 saturated heterocycles. The normalized spacial score (nSPS) is 11.1. The predicted molar refractivity (Wildman–Crippen MR) is 69.1 cm³/mol. The number of hydrogen-bond donors (Lipinski definition) is 0. The number of aryl methyl sites for hydroxylation is 2. The topological polar surface area (TPSA) is 60.4 Å². The van der Waals surface area contributed by atoms with Gasteiger partial charge >= 0.3 is 5.63 Å². The third-order valence-corrected chi connectivity index (χ3v) is 2.94. The van der Waals surface area contributed by atoms with E-state index in [1.54, 1.807) is 13.0 Å². The van der Waals surface area contributed by atoms with Crippen molar-refractivity contribution in [1.29, 1.82) is 0 Å². The van der Waals surface area contributed by atoms with E-state index < -0.39 is 5.63 Å². The van der Waals surface area contributed by atoms with Crippen molar-refractivity contribution in [1.82, 2.24) is 0 Å². The first-order chi connectivity index (χ1) is 8.58. The van der Waals surface area contributed by atoms with Crippen molar-refractivity contribution < 1.29 is 8.83 Å². The lowest BCUT2D eigenvalue weighted by molar-refractivity contribution is 0.473. The SMILES string of the molecule is CCCc1oc2cc(C)oc(=O)c2c(=O)c1CC. The molecule has 0 spiro atoms. The summed E-state index contributed by atoms with van der Waals surface area (Å²) in [5, 5.41) is 0.0253. The lowest BCUT2D eigenvalue weighted by Crippen LogP contribution is -2.18. The first kappa shape index (κ1) is 12.6. The van der Waals surface area contributed by atoms with Gasteiger partial charge in [-0.1, -0.05) is 13.8 Å². The molecule has 0 bridgehead atoms. The molecule has 0 aliphatic heterocycles. The average molecular weight is 248 g/mol. The van der Waals surface area contributed by atoms with Crippen LogP contribution in [0.4, 0.5) is 0 Å². The van der Waals surface area contributed by atoms with E-state index in [0.717, 1.165) is 6.42 Å². The Kier molecular flexibility index (Phi) is 3.36. The second-order valence-corrected chi connectivity index (χ2v) is 4.32. The maximum atomic E-state index is 12.3. The average Bonchev–Trinajstić information content (AvgIpc) is 2.28. The fourth-order valence-corrected chi connectivity index (χ4v) is 2.13. The molecule has 2 aromatic heterocycles. The van der Waals surface area contributed by atoms with Crippen molar-refractivity contribution in [3.05, 3.63) is 43.8 Å². The molecule has 0 fully saturated rings. The summed E-state index contributed by atoms with van der Waals surface area (Å²) in [6, 6.07) is 1.59. The van der Waals surface area contributed by atoms with Crippen LogP contribution in [0.5, 0.6) is 0 Å². The molecule has 0 aromatic carbocycles. The Balaban J connectivity index is 2.91. The van der Waals surface area contributed by atoms with E-state index in [1.807, 2.05) is 13.8 Å². The Bertz CT molecular complexity index is 691. The zero-order valence-corrected chi connectivity index (χ0v) is 10.8. The van der Waals surface area contributed by atoms with Gasteiger partial charge in [0.05, 0.1) is 0 Å². The van der Waals surface area contributed by atoms with Crippen LogP contribution in [0.2, 0.25) is 0 Å². The molecular formula is C14H16O4. The Hall–Kier alpha value is -1.84. The molecule has 0 atom stereocenters. The Morgan fingerprint density at radius 3 is 2.50 bits per heavy atom. The van der Waals surface area contributed by atoms with E-state index >= 15 is 0 Å². The molecule has 2 heterocycles. The van der Waals surface area contributed by atoms with Gasteiger partial charge in [0.15, 0.2) is 5.39 Å². The van der Waals surface area contributed by atoms with Crippen LogP contribution < -0.4 is 11.1 Å². The van der Waals surface area contributed by atoms with E-state index in [1.165, 1.54) is 0 Å². The van der Waals surface area contributed by atoms with E-state index in [2.05, 4.69) is 0 Å². The zero-order valence-electron chi connectivity index (χ0n) is 10.8. The predicted octanol–water partition coefficient (Wildman–Crippen LogP) is 2.57. The second-order valence-electron chi connectivity index (χ2n) is 4.32. The maximum Gasteiger partial charge on any atom is 0.351 e. The highest BCUT2D eigenvalue weighted by molar-refractivity contribution is 5.75. The van der Waals surface area contributed by atoms with Gasteiger partial charge in [0.2, 0.25) is 5.43 Å². The van der Waals surface area contributed by atoms with Gasteiger partial charge in [-0.15, -0.1) is 0 Å². The summed E-state index contributed by atoms with van der Waals surface area (Å²) in [6.45, 7) is 5.56. The lowest BCUT2D eigenvalue weighted by Gasteiger charge is -2.07. The van der Waals surface area contributed by atoms with Crippen molar-refractivity contribution in [2.75, 3.05) is 0 Å². The van der Waals surface area contributed by atoms with Crippen molar-refractivity contribution in [3.8, 4) is 0 Å². The largest absolute Gasteiger partial charge is 0.460 e. The van der Waals surface area contributed by atoms with Crippen LogP contribution >= 0.6 is 0 Å². The van der Waals surface area contributed by atoms with Crippen molar-refractivity contribution in [2.45, 2.75) is 40.0 Å². The van der Waals surface area contributed by atoms with Crippen molar-refractivity contribution in [2.24, 2.45) is 0 Å². The maximum absolute atomic E-state index is 12.3. The molecule has 0 aliphatic rings. The Morgan fingerprint density at radius 1 is 1.17 bits per heavy atom. The van der Waals surface area contributed by atoms with Crippen LogP contribution in [-0.4, -0.2) is 0 Å². The fraction of sp³-hybridized carbons (Fsp3) is 0.429. The van der Waals surface area contributed by atoms with Crippen LogP contribution in [0.1, 0.15) is 37.4 Å². The van der Waals surface area contributed by atoms with E-state index in [9.17, 15) is 9.59 Å². The lowest BCUT2D eigenvalue weighted by atomic mass is 10.1. The van der Waals surface area contributed by atoms with Crippen LogP contribution in [-0.2, 0) is 12.8 Å². The highest BCUT2D eigenvalue weighted by Crippen LogP contribution is 2.16. The minimum absolute atomic E-state index is 0.0253. The van der Waals surface area contributed by atoms with E-state index in [0.29, 0.717) is 35.5 Å². The van der Waals surface area contributed by atoms with Gasteiger partial charge in [-0.05, 0) is 19.8 Å². The molecule has 0 saturated carbocycles. The third kappa shape index (κ3) is 1.98. The summed E-state index contributed by atoms with van der Waals surface area (Å²) in [7, 11) is 0. The molecule has 0 aliphatic carbocycles. The first-order valence-corrected chi connectivity index (χ1v) is 6.17. The minimum Gasteiger partial charge on any atom is -0.460 e. The molecule has 2 rings (SSSR count). The van der Waals surface area contributed by atoms with Gasteiger partial charge in [-0.25, -0.2) is 4.79 Å². The quantitative estimate of drug-likeness (QED) is 0.837. The van der Waals surface area contributed by atoms with Gasteiger partial charge in [0.1, 0.15) is 17.1 Å². The summed E-state index contributed by atoms with van der Waals surface area (Å²) in [6.07, 6.45) is 2.15. The summed E-state index contributed by atoms with van der Waals surface area (Å²) < 4.78 is 10.7. The van der Waals surface area contributed by atoms with Crippen molar-refractivity contribution in [3.63, 3.8) is 0 Å². The summed E-state index contributed by atoms with van der Waals surface area (Å²) >= 11 is 0. The van der Waals surface area contributed by atoms with Gasteiger partial charge in [-0.2, -0.15) is 0 Å². The molecule has 4 nitrogen and oxygen atoms in total. The minimum atomic E-state index is -0.614. The molecular weight excluding hydrogens is 232 g/mol. The number of hydrogen-bond acceptors (Lipinski definition) is 4. The number of rotatable bonds is 3. The summed E-state index contributed by atoms with van der Waals surface area (Å²) in [5.41, 5.74) is 0.0438. The third-order valence-electron chi connectivity index (χ3n) is 2.94. The molecule has 0 radical (unpaired) electrons. The standard InChI is InChI=1S/C14H16O4/c1-4-6-10-9(5-2)13(15)12-11(18-10)7-8(3)17-14(12)16/h7H,4-6H2,1-3H3. The van der Waals surface area contributed by atoms with Crippen LogP contribution in [0, 0.1) is 6.92 Å². The van der Waals surface area contributed by atoms with Gasteiger partial charge in [0, 0.05) is 18.1 Å². The number of fused-ring (bicyclic) bond motifs is 1.